The fraction of sp³-hybridized carbons (Fsp3) is 0.400. The summed E-state index contributed by atoms with van der Waals surface area (Å²) in [6.45, 7) is 1.93. The van der Waals surface area contributed by atoms with Gasteiger partial charge in [0, 0.05) is 6.04 Å². The smallest absolute Gasteiger partial charge is 0.245 e. The number of alkyl halides is 1. The molecule has 1 aliphatic heterocycles. The van der Waals surface area contributed by atoms with Gasteiger partial charge < -0.3 is 0 Å². The van der Waals surface area contributed by atoms with E-state index in [2.05, 4.69) is 15.9 Å². The minimum atomic E-state index is -3.21. The van der Waals surface area contributed by atoms with Crippen LogP contribution in [0, 0.1) is 0 Å². The Morgan fingerprint density at radius 1 is 1.47 bits per heavy atom. The predicted molar refractivity (Wildman–Crippen MR) is 64.8 cm³/mol. The van der Waals surface area contributed by atoms with Gasteiger partial charge in [-0.25, -0.2) is 8.42 Å². The summed E-state index contributed by atoms with van der Waals surface area (Å²) in [7, 11) is -3.21. The summed E-state index contributed by atoms with van der Waals surface area (Å²) in [6, 6.07) is 7.67. The highest BCUT2D eigenvalue weighted by Gasteiger charge is 2.33. The normalized spacial score (nSPS) is 20.4. The Kier molecular flexibility index (Phi) is 2.77. The van der Waals surface area contributed by atoms with E-state index < -0.39 is 10.0 Å². The molecule has 1 atom stereocenters. The lowest BCUT2D eigenvalue weighted by Crippen LogP contribution is -2.36. The molecule has 5 heteroatoms. The van der Waals surface area contributed by atoms with Gasteiger partial charge in [-0.1, -0.05) is 34.1 Å². The highest BCUT2D eigenvalue weighted by Crippen LogP contribution is 2.34. The molecule has 3 nitrogen and oxygen atoms in total. The summed E-state index contributed by atoms with van der Waals surface area (Å²) < 4.78 is 25.2. The second kappa shape index (κ2) is 3.79. The molecule has 0 fully saturated rings. The quantitative estimate of drug-likeness (QED) is 0.782. The van der Waals surface area contributed by atoms with E-state index in [1.807, 2.05) is 31.2 Å². The van der Waals surface area contributed by atoms with Crippen molar-refractivity contribution in [2.45, 2.75) is 19.4 Å². The molecule has 1 aromatic carbocycles. The molecule has 1 aliphatic rings. The third-order valence-electron chi connectivity index (χ3n) is 2.58. The number of hydrogen-bond acceptors (Lipinski definition) is 2. The van der Waals surface area contributed by atoms with Crippen molar-refractivity contribution in [3.63, 3.8) is 0 Å². The van der Waals surface area contributed by atoms with Crippen LogP contribution in [0.5, 0.6) is 0 Å². The Bertz CT molecular complexity index is 472. The largest absolute Gasteiger partial charge is 0.266 e. The van der Waals surface area contributed by atoms with Crippen molar-refractivity contribution in [3.05, 3.63) is 29.8 Å². The van der Waals surface area contributed by atoms with Crippen LogP contribution in [0.25, 0.3) is 0 Å². The van der Waals surface area contributed by atoms with Gasteiger partial charge in [-0.15, -0.1) is 0 Å². The monoisotopic (exact) mass is 289 g/mol. The van der Waals surface area contributed by atoms with Crippen LogP contribution in [0.3, 0.4) is 0 Å². The van der Waals surface area contributed by atoms with Crippen LogP contribution in [0.1, 0.15) is 12.5 Å². The number of sulfonamides is 1. The molecular formula is C10H12BrNO2S. The number of para-hydroxylation sites is 1. The first-order chi connectivity index (χ1) is 7.06. The number of hydrogen-bond donors (Lipinski definition) is 0. The molecule has 0 bridgehead atoms. The zero-order chi connectivity index (χ0) is 11.1. The molecule has 1 aromatic rings. The molecule has 82 valence electrons. The fourth-order valence-electron chi connectivity index (χ4n) is 2.01. The molecule has 2 rings (SSSR count). The van der Waals surface area contributed by atoms with Gasteiger partial charge in [0.1, 0.15) is 4.66 Å². The Morgan fingerprint density at radius 3 is 2.80 bits per heavy atom. The summed E-state index contributed by atoms with van der Waals surface area (Å²) >= 11 is 3.03. The van der Waals surface area contributed by atoms with E-state index >= 15 is 0 Å². The van der Waals surface area contributed by atoms with E-state index in [-0.39, 0.29) is 10.7 Å². The number of nitrogens with zero attached hydrogens (tertiary/aromatic N) is 1. The standard InChI is InChI=1S/C10H12BrNO2S/c1-8-6-9-4-2-3-5-10(9)12(8)15(13,14)7-11/h2-5,8H,6-7H2,1H3. The second-order valence-electron chi connectivity index (χ2n) is 3.70. The van der Waals surface area contributed by atoms with E-state index in [0.717, 1.165) is 17.7 Å². The topological polar surface area (TPSA) is 37.4 Å². The van der Waals surface area contributed by atoms with Crippen LogP contribution in [-0.4, -0.2) is 19.1 Å². The Labute approximate surface area is 98.3 Å². The van der Waals surface area contributed by atoms with Crippen LogP contribution in [0.4, 0.5) is 5.69 Å². The molecule has 0 spiro atoms. The summed E-state index contributed by atoms with van der Waals surface area (Å²) in [6.07, 6.45) is 0.794. The van der Waals surface area contributed by atoms with Crippen molar-refractivity contribution in [2.24, 2.45) is 0 Å². The van der Waals surface area contributed by atoms with Gasteiger partial charge in [-0.3, -0.25) is 4.31 Å². The lowest BCUT2D eigenvalue weighted by atomic mass is 10.1. The van der Waals surface area contributed by atoms with Gasteiger partial charge in [0.2, 0.25) is 10.0 Å². The molecule has 0 aliphatic carbocycles. The van der Waals surface area contributed by atoms with Crippen LogP contribution < -0.4 is 4.31 Å². The fourth-order valence-corrected chi connectivity index (χ4v) is 3.88. The van der Waals surface area contributed by atoms with Crippen LogP contribution in [-0.2, 0) is 16.4 Å². The van der Waals surface area contributed by atoms with Gasteiger partial charge in [-0.05, 0) is 25.0 Å². The average Bonchev–Trinajstić information content (AvgIpc) is 2.54. The first-order valence-electron chi connectivity index (χ1n) is 4.72. The minimum absolute atomic E-state index is 0.0185. The lowest BCUT2D eigenvalue weighted by molar-refractivity contribution is 0.589. The Balaban J connectivity index is 2.51. The maximum absolute atomic E-state index is 11.9. The van der Waals surface area contributed by atoms with Crippen LogP contribution in [0.2, 0.25) is 0 Å². The van der Waals surface area contributed by atoms with Crippen molar-refractivity contribution in [1.82, 2.24) is 0 Å². The molecule has 0 amide bonds. The lowest BCUT2D eigenvalue weighted by Gasteiger charge is -2.23. The van der Waals surface area contributed by atoms with E-state index in [9.17, 15) is 8.42 Å². The number of halogens is 1. The predicted octanol–water partition coefficient (Wildman–Crippen LogP) is 2.12. The van der Waals surface area contributed by atoms with Crippen molar-refractivity contribution < 1.29 is 8.42 Å². The van der Waals surface area contributed by atoms with Crippen molar-refractivity contribution in [2.75, 3.05) is 8.97 Å². The Morgan fingerprint density at radius 2 is 2.13 bits per heavy atom. The first kappa shape index (κ1) is 11.0. The van der Waals surface area contributed by atoms with Crippen molar-refractivity contribution >= 4 is 31.6 Å². The maximum atomic E-state index is 11.9. The zero-order valence-corrected chi connectivity index (χ0v) is 10.8. The van der Waals surface area contributed by atoms with Gasteiger partial charge in [0.25, 0.3) is 0 Å². The Hall–Kier alpha value is -0.550. The van der Waals surface area contributed by atoms with E-state index in [1.165, 1.54) is 4.31 Å². The van der Waals surface area contributed by atoms with E-state index in [0.29, 0.717) is 0 Å². The van der Waals surface area contributed by atoms with E-state index in [1.54, 1.807) is 0 Å². The number of anilines is 1. The molecule has 0 saturated heterocycles. The molecule has 0 aromatic heterocycles. The molecule has 1 unspecified atom stereocenters. The van der Waals surface area contributed by atoms with Gasteiger partial charge in [0.15, 0.2) is 0 Å². The number of rotatable bonds is 2. The third-order valence-corrected chi connectivity index (χ3v) is 5.75. The molecule has 0 saturated carbocycles. The van der Waals surface area contributed by atoms with Crippen molar-refractivity contribution in [3.8, 4) is 0 Å². The molecule has 0 radical (unpaired) electrons. The van der Waals surface area contributed by atoms with Gasteiger partial charge in [-0.2, -0.15) is 0 Å². The summed E-state index contributed by atoms with van der Waals surface area (Å²) in [5, 5.41) is 0. The number of fused-ring (bicyclic) bond motifs is 1. The van der Waals surface area contributed by atoms with Gasteiger partial charge >= 0.3 is 0 Å². The number of benzene rings is 1. The SMILES string of the molecule is CC1Cc2ccccc2N1S(=O)(=O)CBr. The molecular weight excluding hydrogens is 278 g/mol. The molecule has 15 heavy (non-hydrogen) atoms. The van der Waals surface area contributed by atoms with E-state index in [4.69, 9.17) is 0 Å². The third kappa shape index (κ3) is 1.78. The highest BCUT2D eigenvalue weighted by atomic mass is 79.9. The van der Waals surface area contributed by atoms with Crippen LogP contribution >= 0.6 is 15.9 Å². The maximum Gasteiger partial charge on any atom is 0.245 e. The molecule has 0 N–H and O–H groups in total. The zero-order valence-electron chi connectivity index (χ0n) is 8.35. The molecule has 1 heterocycles. The minimum Gasteiger partial charge on any atom is -0.266 e. The van der Waals surface area contributed by atoms with Crippen molar-refractivity contribution in [1.29, 1.82) is 0 Å². The summed E-state index contributed by atoms with van der Waals surface area (Å²) in [5.74, 6) is 0. The summed E-state index contributed by atoms with van der Waals surface area (Å²) in [4.78, 5) is 0. The van der Waals surface area contributed by atoms with Crippen LogP contribution in [0.15, 0.2) is 24.3 Å². The first-order valence-corrected chi connectivity index (χ1v) is 7.45. The highest BCUT2D eigenvalue weighted by molar-refractivity contribution is 9.10. The second-order valence-corrected chi connectivity index (χ2v) is 6.85. The van der Waals surface area contributed by atoms with Gasteiger partial charge in [0.05, 0.1) is 5.69 Å². The summed E-state index contributed by atoms with van der Waals surface area (Å²) in [5.41, 5.74) is 1.93. The average molecular weight is 290 g/mol.